The largest absolute Gasteiger partial charge is 0.115 e. The zero-order valence-corrected chi connectivity index (χ0v) is 10.3. The van der Waals surface area contributed by atoms with E-state index in [2.05, 4.69) is 31.9 Å². The Morgan fingerprint density at radius 3 is 2.06 bits per heavy atom. The highest BCUT2D eigenvalue weighted by Gasteiger charge is 2.05. The van der Waals surface area contributed by atoms with Gasteiger partial charge in [0.1, 0.15) is 0 Å². The fourth-order valence-corrected chi connectivity index (χ4v) is 1.97. The Kier molecular flexibility index (Phi) is 5.43. The summed E-state index contributed by atoms with van der Waals surface area (Å²) in [4.78, 5) is 0. The van der Waals surface area contributed by atoms with E-state index in [1.54, 1.807) is 0 Å². The van der Waals surface area contributed by atoms with Gasteiger partial charge in [-0.2, -0.15) is 0 Å². The van der Waals surface area contributed by atoms with E-state index in [-0.39, 0.29) is 0 Å². The SMILES string of the molecule is C#CC(=C(CCC)CCC)c1ccccc1. The fraction of sp³-hybridized carbons (Fsp3) is 0.375. The Morgan fingerprint density at radius 2 is 1.62 bits per heavy atom. The molecule has 0 aromatic heterocycles. The molecule has 0 saturated heterocycles. The van der Waals surface area contributed by atoms with Crippen LogP contribution in [0.2, 0.25) is 0 Å². The lowest BCUT2D eigenvalue weighted by molar-refractivity contribution is 0.807. The van der Waals surface area contributed by atoms with Gasteiger partial charge in [-0.05, 0) is 18.4 Å². The number of allylic oxidation sites excluding steroid dienone is 2. The van der Waals surface area contributed by atoms with Crippen LogP contribution in [0.25, 0.3) is 5.57 Å². The molecule has 0 nitrogen and oxygen atoms in total. The van der Waals surface area contributed by atoms with Gasteiger partial charge in [-0.3, -0.25) is 0 Å². The first-order valence-electron chi connectivity index (χ1n) is 6.07. The van der Waals surface area contributed by atoms with Crippen LogP contribution in [0, 0.1) is 12.3 Å². The second-order valence-electron chi connectivity index (χ2n) is 3.99. The van der Waals surface area contributed by atoms with Crippen LogP contribution in [-0.2, 0) is 0 Å². The molecule has 0 atom stereocenters. The van der Waals surface area contributed by atoms with Crippen molar-refractivity contribution >= 4 is 5.57 Å². The highest BCUT2D eigenvalue weighted by atomic mass is 14.1. The van der Waals surface area contributed by atoms with Crippen molar-refractivity contribution < 1.29 is 0 Å². The van der Waals surface area contributed by atoms with E-state index in [4.69, 9.17) is 6.42 Å². The molecule has 0 heterocycles. The predicted octanol–water partition coefficient (Wildman–Crippen LogP) is 4.67. The minimum absolute atomic E-state index is 1.10. The maximum Gasteiger partial charge on any atom is 0.0307 e. The molecule has 0 aliphatic rings. The summed E-state index contributed by atoms with van der Waals surface area (Å²) in [5.41, 5.74) is 3.71. The Hall–Kier alpha value is -1.48. The lowest BCUT2D eigenvalue weighted by Gasteiger charge is -2.10. The first kappa shape index (κ1) is 12.6. The zero-order valence-electron chi connectivity index (χ0n) is 10.3. The zero-order chi connectivity index (χ0) is 11.8. The number of terminal acetylenes is 1. The topological polar surface area (TPSA) is 0 Å². The van der Waals surface area contributed by atoms with Gasteiger partial charge in [0.05, 0.1) is 0 Å². The van der Waals surface area contributed by atoms with Gasteiger partial charge < -0.3 is 0 Å². The number of benzene rings is 1. The lowest BCUT2D eigenvalue weighted by Crippen LogP contribution is -1.91. The van der Waals surface area contributed by atoms with Gasteiger partial charge in [0.2, 0.25) is 0 Å². The van der Waals surface area contributed by atoms with Crippen molar-refractivity contribution in [3.8, 4) is 12.3 Å². The molecule has 0 aliphatic carbocycles. The summed E-state index contributed by atoms with van der Waals surface area (Å²) in [5.74, 6) is 2.87. The van der Waals surface area contributed by atoms with Crippen LogP contribution in [0.15, 0.2) is 35.9 Å². The van der Waals surface area contributed by atoms with Crippen molar-refractivity contribution in [3.63, 3.8) is 0 Å². The van der Waals surface area contributed by atoms with E-state index in [0.29, 0.717) is 0 Å². The number of rotatable bonds is 5. The summed E-state index contributed by atoms with van der Waals surface area (Å²) >= 11 is 0. The Balaban J connectivity index is 3.10. The highest BCUT2D eigenvalue weighted by molar-refractivity contribution is 5.80. The third kappa shape index (κ3) is 3.28. The summed E-state index contributed by atoms with van der Waals surface area (Å²) in [6, 6.07) is 10.3. The second-order valence-corrected chi connectivity index (χ2v) is 3.99. The third-order valence-electron chi connectivity index (χ3n) is 2.66. The van der Waals surface area contributed by atoms with Gasteiger partial charge in [0.25, 0.3) is 0 Å². The molecule has 0 aliphatic heterocycles. The van der Waals surface area contributed by atoms with Crippen LogP contribution < -0.4 is 0 Å². The van der Waals surface area contributed by atoms with E-state index in [1.165, 1.54) is 11.1 Å². The smallest absolute Gasteiger partial charge is 0.0307 e. The van der Waals surface area contributed by atoms with Gasteiger partial charge in [-0.15, -0.1) is 6.42 Å². The second kappa shape index (κ2) is 6.90. The summed E-state index contributed by atoms with van der Waals surface area (Å²) < 4.78 is 0. The van der Waals surface area contributed by atoms with Crippen LogP contribution in [0.4, 0.5) is 0 Å². The molecule has 0 fully saturated rings. The summed E-state index contributed by atoms with van der Waals surface area (Å²) in [6.07, 6.45) is 10.2. The van der Waals surface area contributed by atoms with Crippen LogP contribution in [-0.4, -0.2) is 0 Å². The Morgan fingerprint density at radius 1 is 1.06 bits per heavy atom. The van der Waals surface area contributed by atoms with Crippen LogP contribution in [0.3, 0.4) is 0 Å². The molecule has 16 heavy (non-hydrogen) atoms. The molecule has 0 heteroatoms. The summed E-state index contributed by atoms with van der Waals surface area (Å²) in [6.45, 7) is 4.41. The van der Waals surface area contributed by atoms with Crippen molar-refractivity contribution in [3.05, 3.63) is 41.5 Å². The lowest BCUT2D eigenvalue weighted by atomic mass is 9.94. The van der Waals surface area contributed by atoms with Gasteiger partial charge in [-0.1, -0.05) is 68.5 Å². The number of hydrogen-bond donors (Lipinski definition) is 0. The van der Waals surface area contributed by atoms with Crippen molar-refractivity contribution in [1.29, 1.82) is 0 Å². The molecule has 0 spiro atoms. The van der Waals surface area contributed by atoms with E-state index < -0.39 is 0 Å². The molecule has 1 aromatic rings. The molecular formula is C16H20. The van der Waals surface area contributed by atoms with Crippen LogP contribution >= 0.6 is 0 Å². The van der Waals surface area contributed by atoms with Crippen molar-refractivity contribution in [2.45, 2.75) is 39.5 Å². The fourth-order valence-electron chi connectivity index (χ4n) is 1.97. The molecule has 0 saturated carbocycles. The van der Waals surface area contributed by atoms with E-state index >= 15 is 0 Å². The molecule has 0 unspecified atom stereocenters. The Labute approximate surface area is 99.4 Å². The van der Waals surface area contributed by atoms with Gasteiger partial charge in [0.15, 0.2) is 0 Å². The standard InChI is InChI=1S/C16H20/c1-4-10-14(11-5-2)16(6-3)15-12-8-7-9-13-15/h3,7-9,12-13H,4-5,10-11H2,1-2H3. The summed E-state index contributed by atoms with van der Waals surface area (Å²) in [5, 5.41) is 0. The maximum atomic E-state index is 5.66. The third-order valence-corrected chi connectivity index (χ3v) is 2.66. The normalized spacial score (nSPS) is 9.56. The minimum atomic E-state index is 1.10. The first-order chi connectivity index (χ1) is 7.83. The molecule has 0 amide bonds. The summed E-state index contributed by atoms with van der Waals surface area (Å²) in [7, 11) is 0. The molecular weight excluding hydrogens is 192 g/mol. The molecule has 84 valence electrons. The molecule has 1 aromatic carbocycles. The molecule has 0 bridgehead atoms. The first-order valence-corrected chi connectivity index (χ1v) is 6.07. The van der Waals surface area contributed by atoms with E-state index in [9.17, 15) is 0 Å². The van der Waals surface area contributed by atoms with Crippen LogP contribution in [0.1, 0.15) is 45.1 Å². The van der Waals surface area contributed by atoms with Gasteiger partial charge in [0, 0.05) is 5.57 Å². The predicted molar refractivity (Wildman–Crippen MR) is 72.0 cm³/mol. The molecule has 1 rings (SSSR count). The van der Waals surface area contributed by atoms with E-state index in [0.717, 1.165) is 31.3 Å². The van der Waals surface area contributed by atoms with Crippen LogP contribution in [0.5, 0.6) is 0 Å². The maximum absolute atomic E-state index is 5.66. The van der Waals surface area contributed by atoms with E-state index in [1.807, 2.05) is 18.2 Å². The minimum Gasteiger partial charge on any atom is -0.115 e. The molecule has 0 radical (unpaired) electrons. The monoisotopic (exact) mass is 212 g/mol. The molecule has 0 N–H and O–H groups in total. The van der Waals surface area contributed by atoms with Gasteiger partial charge in [-0.25, -0.2) is 0 Å². The average Bonchev–Trinajstić information content (AvgIpc) is 2.32. The van der Waals surface area contributed by atoms with Crippen molar-refractivity contribution in [2.24, 2.45) is 0 Å². The van der Waals surface area contributed by atoms with Gasteiger partial charge >= 0.3 is 0 Å². The quantitative estimate of drug-likeness (QED) is 0.622. The average molecular weight is 212 g/mol. The highest BCUT2D eigenvalue weighted by Crippen LogP contribution is 2.24. The van der Waals surface area contributed by atoms with Crippen molar-refractivity contribution in [1.82, 2.24) is 0 Å². The number of hydrogen-bond acceptors (Lipinski definition) is 0. The van der Waals surface area contributed by atoms with Crippen molar-refractivity contribution in [2.75, 3.05) is 0 Å². The Bertz CT molecular complexity index is 368.